The van der Waals surface area contributed by atoms with Crippen LogP contribution in [0.15, 0.2) is 41.3 Å². The molecular weight excluding hydrogens is 307 g/mol. The Morgan fingerprint density at radius 3 is 2.24 bits per heavy atom. The molecule has 0 spiro atoms. The second kappa shape index (κ2) is 5.74. The van der Waals surface area contributed by atoms with E-state index in [1.807, 2.05) is 0 Å². The highest BCUT2D eigenvalue weighted by atomic mass is 32.2. The third-order valence-electron chi connectivity index (χ3n) is 2.63. The molecule has 0 fully saturated rings. The lowest BCUT2D eigenvalue weighted by Gasteiger charge is -2.10. The van der Waals surface area contributed by atoms with Crippen molar-refractivity contribution >= 4 is 15.7 Å². The van der Waals surface area contributed by atoms with Crippen LogP contribution in [-0.4, -0.2) is 13.5 Å². The Hall–Kier alpha value is -2.06. The van der Waals surface area contributed by atoms with Gasteiger partial charge in [-0.15, -0.1) is 0 Å². The molecule has 2 aromatic rings. The zero-order chi connectivity index (χ0) is 15.6. The van der Waals surface area contributed by atoms with Gasteiger partial charge >= 0.3 is 0 Å². The topological polar surface area (TPSA) is 66.4 Å². The summed E-state index contributed by atoms with van der Waals surface area (Å²) in [5.74, 6) is -3.89. The van der Waals surface area contributed by atoms with Gasteiger partial charge in [0.2, 0.25) is 0 Å². The number of aliphatic hydroxyl groups excluding tert-OH is 1. The number of nitrogens with one attached hydrogen (secondary N) is 1. The average molecular weight is 317 g/mol. The van der Waals surface area contributed by atoms with E-state index in [-0.39, 0.29) is 11.5 Å². The zero-order valence-electron chi connectivity index (χ0n) is 10.5. The van der Waals surface area contributed by atoms with Gasteiger partial charge in [-0.05, 0) is 17.7 Å². The summed E-state index contributed by atoms with van der Waals surface area (Å²) in [6.07, 6.45) is 0. The molecule has 0 amide bonds. The largest absolute Gasteiger partial charge is 0.392 e. The number of hydrogen-bond donors (Lipinski definition) is 2. The Labute approximate surface area is 118 Å². The van der Waals surface area contributed by atoms with Crippen molar-refractivity contribution in [1.82, 2.24) is 0 Å². The molecule has 0 aliphatic heterocycles. The third kappa shape index (κ3) is 3.34. The number of sulfonamides is 1. The lowest BCUT2D eigenvalue weighted by molar-refractivity contribution is 0.281. The third-order valence-corrected chi connectivity index (χ3v) is 3.98. The molecule has 0 radical (unpaired) electrons. The van der Waals surface area contributed by atoms with E-state index >= 15 is 0 Å². The van der Waals surface area contributed by atoms with Crippen LogP contribution in [0.1, 0.15) is 5.56 Å². The van der Waals surface area contributed by atoms with Crippen molar-refractivity contribution < 1.29 is 26.7 Å². The molecule has 0 heterocycles. The summed E-state index contributed by atoms with van der Waals surface area (Å²) in [6.45, 7) is -0.386. The highest BCUT2D eigenvalue weighted by Crippen LogP contribution is 2.24. The van der Waals surface area contributed by atoms with Crippen LogP contribution >= 0.6 is 0 Å². The predicted molar refractivity (Wildman–Crippen MR) is 69.5 cm³/mol. The second-order valence-electron chi connectivity index (χ2n) is 4.16. The summed E-state index contributed by atoms with van der Waals surface area (Å²) in [5.41, 5.74) is -0.649. The highest BCUT2D eigenvalue weighted by molar-refractivity contribution is 7.92. The Kier molecular flexibility index (Phi) is 4.19. The fourth-order valence-corrected chi connectivity index (χ4v) is 2.79. The van der Waals surface area contributed by atoms with Crippen molar-refractivity contribution in [3.8, 4) is 0 Å². The minimum atomic E-state index is -4.27. The number of anilines is 1. The maximum absolute atomic E-state index is 13.5. The van der Waals surface area contributed by atoms with Crippen molar-refractivity contribution in [2.24, 2.45) is 0 Å². The smallest absolute Gasteiger partial charge is 0.262 e. The summed E-state index contributed by atoms with van der Waals surface area (Å²) < 4.78 is 65.5. The summed E-state index contributed by atoms with van der Waals surface area (Å²) in [7, 11) is -4.27. The summed E-state index contributed by atoms with van der Waals surface area (Å²) >= 11 is 0. The molecule has 2 N–H and O–H groups in total. The van der Waals surface area contributed by atoms with Crippen LogP contribution in [0.4, 0.5) is 18.9 Å². The van der Waals surface area contributed by atoms with Gasteiger partial charge in [0.25, 0.3) is 10.0 Å². The minimum absolute atomic E-state index is 0.280. The number of halogens is 3. The SMILES string of the molecule is O=S(=O)(Nc1c(F)cc(F)cc1F)c1cccc(CO)c1. The molecule has 0 saturated heterocycles. The van der Waals surface area contributed by atoms with Crippen LogP contribution in [0.25, 0.3) is 0 Å². The van der Waals surface area contributed by atoms with Crippen LogP contribution in [0.3, 0.4) is 0 Å². The van der Waals surface area contributed by atoms with Crippen LogP contribution in [0.5, 0.6) is 0 Å². The van der Waals surface area contributed by atoms with Crippen LogP contribution in [0.2, 0.25) is 0 Å². The fourth-order valence-electron chi connectivity index (χ4n) is 1.64. The first-order valence-corrected chi connectivity index (χ1v) is 7.19. The first-order chi connectivity index (χ1) is 9.83. The molecule has 2 aromatic carbocycles. The molecule has 0 aromatic heterocycles. The molecule has 112 valence electrons. The molecule has 0 bridgehead atoms. The average Bonchev–Trinajstić information content (AvgIpc) is 2.43. The van der Waals surface area contributed by atoms with E-state index in [1.165, 1.54) is 18.2 Å². The fraction of sp³-hybridized carbons (Fsp3) is 0.0769. The van der Waals surface area contributed by atoms with E-state index in [0.717, 1.165) is 6.07 Å². The molecule has 0 saturated carbocycles. The molecule has 0 atom stereocenters. The summed E-state index contributed by atoms with van der Waals surface area (Å²) in [5, 5.41) is 8.96. The minimum Gasteiger partial charge on any atom is -0.392 e. The summed E-state index contributed by atoms with van der Waals surface area (Å²) in [4.78, 5) is -0.280. The highest BCUT2D eigenvalue weighted by Gasteiger charge is 2.20. The van der Waals surface area contributed by atoms with Gasteiger partial charge < -0.3 is 5.11 Å². The van der Waals surface area contributed by atoms with Gasteiger partial charge in [0.15, 0.2) is 11.6 Å². The first-order valence-electron chi connectivity index (χ1n) is 5.70. The molecule has 2 rings (SSSR count). The van der Waals surface area contributed by atoms with Crippen molar-refractivity contribution in [3.63, 3.8) is 0 Å². The van der Waals surface area contributed by atoms with Gasteiger partial charge in [0.05, 0.1) is 11.5 Å². The van der Waals surface area contributed by atoms with E-state index in [0.29, 0.717) is 17.7 Å². The van der Waals surface area contributed by atoms with E-state index in [4.69, 9.17) is 5.11 Å². The van der Waals surface area contributed by atoms with Gasteiger partial charge in [-0.25, -0.2) is 21.6 Å². The van der Waals surface area contributed by atoms with E-state index < -0.39 is 33.2 Å². The van der Waals surface area contributed by atoms with Gasteiger partial charge in [-0.1, -0.05) is 12.1 Å². The molecule has 0 aliphatic carbocycles. The lowest BCUT2D eigenvalue weighted by atomic mass is 10.2. The molecular formula is C13H10F3NO3S. The maximum Gasteiger partial charge on any atom is 0.262 e. The van der Waals surface area contributed by atoms with Crippen molar-refractivity contribution in [2.75, 3.05) is 4.72 Å². The van der Waals surface area contributed by atoms with E-state index in [2.05, 4.69) is 0 Å². The standard InChI is InChI=1S/C13H10F3NO3S/c14-9-5-11(15)13(12(16)6-9)17-21(19,20)10-3-1-2-8(4-10)7-18/h1-6,17-18H,7H2. The van der Waals surface area contributed by atoms with E-state index in [1.54, 1.807) is 4.72 Å². The Morgan fingerprint density at radius 1 is 1.05 bits per heavy atom. The van der Waals surface area contributed by atoms with Crippen LogP contribution in [0, 0.1) is 17.5 Å². The van der Waals surface area contributed by atoms with Gasteiger partial charge in [0, 0.05) is 12.1 Å². The summed E-state index contributed by atoms with van der Waals surface area (Å²) in [6, 6.07) is 5.94. The Balaban J connectivity index is 2.42. The number of rotatable bonds is 4. The molecule has 0 unspecified atom stereocenters. The predicted octanol–water partition coefficient (Wildman–Crippen LogP) is 2.40. The first kappa shape index (κ1) is 15.3. The van der Waals surface area contributed by atoms with Crippen molar-refractivity contribution in [1.29, 1.82) is 0 Å². The van der Waals surface area contributed by atoms with Gasteiger partial charge in [-0.3, -0.25) is 4.72 Å². The second-order valence-corrected chi connectivity index (χ2v) is 5.84. The maximum atomic E-state index is 13.5. The van der Waals surface area contributed by atoms with Crippen molar-refractivity contribution in [2.45, 2.75) is 11.5 Å². The van der Waals surface area contributed by atoms with Crippen LogP contribution < -0.4 is 4.72 Å². The lowest BCUT2D eigenvalue weighted by Crippen LogP contribution is -2.15. The van der Waals surface area contributed by atoms with Crippen LogP contribution in [-0.2, 0) is 16.6 Å². The number of aliphatic hydroxyl groups is 1. The van der Waals surface area contributed by atoms with Gasteiger partial charge in [-0.2, -0.15) is 0 Å². The molecule has 0 aliphatic rings. The van der Waals surface area contributed by atoms with Crippen molar-refractivity contribution in [3.05, 3.63) is 59.4 Å². The van der Waals surface area contributed by atoms with E-state index in [9.17, 15) is 21.6 Å². The Bertz CT molecular complexity index is 755. The number of hydrogen-bond acceptors (Lipinski definition) is 3. The molecule has 21 heavy (non-hydrogen) atoms. The normalized spacial score (nSPS) is 11.4. The quantitative estimate of drug-likeness (QED) is 0.910. The molecule has 4 nitrogen and oxygen atoms in total. The zero-order valence-corrected chi connectivity index (χ0v) is 11.3. The monoisotopic (exact) mass is 317 g/mol. The number of benzene rings is 2. The Morgan fingerprint density at radius 2 is 1.67 bits per heavy atom. The van der Waals surface area contributed by atoms with Gasteiger partial charge in [0.1, 0.15) is 11.5 Å². The molecule has 8 heteroatoms.